The lowest BCUT2D eigenvalue weighted by Gasteiger charge is -2.10. The summed E-state index contributed by atoms with van der Waals surface area (Å²) in [6.07, 6.45) is 3.07. The molecule has 1 rings (SSSR count). The first-order valence-corrected chi connectivity index (χ1v) is 8.13. The van der Waals surface area contributed by atoms with Gasteiger partial charge in [0.1, 0.15) is 17.3 Å². The predicted octanol–water partition coefficient (Wildman–Crippen LogP) is 1.93. The second-order valence-corrected chi connectivity index (χ2v) is 6.74. The van der Waals surface area contributed by atoms with E-state index in [1.807, 2.05) is 6.92 Å². The smallest absolute Gasteiger partial charge is 0.151 e. The second kappa shape index (κ2) is 6.89. The van der Waals surface area contributed by atoms with Crippen LogP contribution in [0.25, 0.3) is 0 Å². The molecule has 7 heteroatoms. The number of anilines is 1. The summed E-state index contributed by atoms with van der Waals surface area (Å²) in [7, 11) is -2.96. The molecular formula is C11H18ClN3O2S. The zero-order valence-corrected chi connectivity index (χ0v) is 12.2. The number of rotatable bonds is 7. The van der Waals surface area contributed by atoms with Gasteiger partial charge in [0.25, 0.3) is 0 Å². The number of hydrogen-bond donors (Lipinski definition) is 1. The molecule has 102 valence electrons. The minimum atomic E-state index is -2.96. The average molecular weight is 292 g/mol. The van der Waals surface area contributed by atoms with Crippen LogP contribution in [-0.2, 0) is 16.3 Å². The third-order valence-corrected chi connectivity index (χ3v) is 4.57. The molecule has 0 aliphatic rings. The van der Waals surface area contributed by atoms with Gasteiger partial charge in [-0.3, -0.25) is 0 Å². The van der Waals surface area contributed by atoms with Gasteiger partial charge in [-0.2, -0.15) is 0 Å². The van der Waals surface area contributed by atoms with Crippen molar-refractivity contribution < 1.29 is 8.42 Å². The minimum absolute atomic E-state index is 0.0939. The topological polar surface area (TPSA) is 72.0 Å². The molecule has 0 bridgehead atoms. The molecule has 0 amide bonds. The van der Waals surface area contributed by atoms with E-state index in [2.05, 4.69) is 15.3 Å². The molecule has 0 unspecified atom stereocenters. The Hall–Kier alpha value is -0.880. The van der Waals surface area contributed by atoms with E-state index in [4.69, 9.17) is 11.6 Å². The molecule has 1 aromatic rings. The summed E-state index contributed by atoms with van der Waals surface area (Å²) in [6.45, 7) is 4.01. The van der Waals surface area contributed by atoms with Crippen LogP contribution in [0, 0.1) is 0 Å². The Labute approximate surface area is 113 Å². The fraction of sp³-hybridized carbons (Fsp3) is 0.636. The first-order valence-electron chi connectivity index (χ1n) is 5.93. The van der Waals surface area contributed by atoms with Crippen molar-refractivity contribution in [1.29, 1.82) is 0 Å². The zero-order chi connectivity index (χ0) is 13.6. The molecule has 5 nitrogen and oxygen atoms in total. The van der Waals surface area contributed by atoms with Crippen molar-refractivity contribution in [3.8, 4) is 0 Å². The van der Waals surface area contributed by atoms with Crippen molar-refractivity contribution in [3.05, 3.63) is 17.0 Å². The van der Waals surface area contributed by atoms with Crippen LogP contribution in [0.5, 0.6) is 0 Å². The number of halogens is 1. The molecule has 0 radical (unpaired) electrons. The van der Waals surface area contributed by atoms with Gasteiger partial charge in [-0.15, -0.1) is 0 Å². The maximum atomic E-state index is 11.4. The van der Waals surface area contributed by atoms with Crippen molar-refractivity contribution in [3.63, 3.8) is 0 Å². The SMILES string of the molecule is CCCc1c(Cl)ncnc1NCCS(=O)(=O)CC. The van der Waals surface area contributed by atoms with E-state index in [-0.39, 0.29) is 11.5 Å². The summed E-state index contributed by atoms with van der Waals surface area (Å²) in [4.78, 5) is 8.03. The summed E-state index contributed by atoms with van der Waals surface area (Å²) < 4.78 is 22.7. The largest absolute Gasteiger partial charge is 0.369 e. The molecule has 0 saturated heterocycles. The fourth-order valence-corrected chi connectivity index (χ4v) is 2.41. The monoisotopic (exact) mass is 291 g/mol. The van der Waals surface area contributed by atoms with Crippen molar-refractivity contribution >= 4 is 27.3 Å². The molecule has 0 fully saturated rings. The first-order chi connectivity index (χ1) is 8.50. The van der Waals surface area contributed by atoms with Crippen LogP contribution in [0.1, 0.15) is 25.8 Å². The summed E-state index contributed by atoms with van der Waals surface area (Å²) in [5, 5.41) is 3.44. The second-order valence-electron chi connectivity index (χ2n) is 3.90. The molecule has 18 heavy (non-hydrogen) atoms. The molecule has 1 aromatic heterocycles. The fourth-order valence-electron chi connectivity index (χ4n) is 1.48. The van der Waals surface area contributed by atoms with Gasteiger partial charge in [-0.25, -0.2) is 18.4 Å². The van der Waals surface area contributed by atoms with Crippen LogP contribution in [0.2, 0.25) is 5.15 Å². The quantitative estimate of drug-likeness (QED) is 0.777. The van der Waals surface area contributed by atoms with E-state index in [1.165, 1.54) is 6.33 Å². The normalized spacial score (nSPS) is 11.5. The molecule has 1 heterocycles. The number of nitrogens with one attached hydrogen (secondary N) is 1. The van der Waals surface area contributed by atoms with E-state index in [0.29, 0.717) is 17.5 Å². The Morgan fingerprint density at radius 2 is 2.06 bits per heavy atom. The van der Waals surface area contributed by atoms with Gasteiger partial charge in [-0.05, 0) is 6.42 Å². The van der Waals surface area contributed by atoms with Gasteiger partial charge in [0.2, 0.25) is 0 Å². The predicted molar refractivity (Wildman–Crippen MR) is 73.9 cm³/mol. The lowest BCUT2D eigenvalue weighted by atomic mass is 10.2. The standard InChI is InChI=1S/C11H18ClN3O2S/c1-3-5-9-10(12)14-8-15-11(9)13-6-7-18(16,17)4-2/h8H,3-7H2,1-2H3,(H,13,14,15). The third-order valence-electron chi connectivity index (χ3n) is 2.54. The first kappa shape index (κ1) is 15.2. The minimum Gasteiger partial charge on any atom is -0.369 e. The zero-order valence-electron chi connectivity index (χ0n) is 10.6. The lowest BCUT2D eigenvalue weighted by Crippen LogP contribution is -2.18. The summed E-state index contributed by atoms with van der Waals surface area (Å²) in [6, 6.07) is 0. The van der Waals surface area contributed by atoms with Crippen molar-refractivity contribution in [2.24, 2.45) is 0 Å². The highest BCUT2D eigenvalue weighted by atomic mass is 35.5. The van der Waals surface area contributed by atoms with E-state index >= 15 is 0 Å². The van der Waals surface area contributed by atoms with E-state index in [0.717, 1.165) is 18.4 Å². The van der Waals surface area contributed by atoms with Crippen LogP contribution in [0.3, 0.4) is 0 Å². The third kappa shape index (κ3) is 4.42. The molecule has 0 aromatic carbocycles. The maximum Gasteiger partial charge on any atom is 0.151 e. The van der Waals surface area contributed by atoms with E-state index in [9.17, 15) is 8.42 Å². The number of sulfone groups is 1. The van der Waals surface area contributed by atoms with Crippen molar-refractivity contribution in [2.75, 3.05) is 23.4 Å². The van der Waals surface area contributed by atoms with Crippen LogP contribution in [0.4, 0.5) is 5.82 Å². The Bertz CT molecular complexity index is 491. The highest BCUT2D eigenvalue weighted by Crippen LogP contribution is 2.21. The van der Waals surface area contributed by atoms with Gasteiger partial charge in [0, 0.05) is 17.9 Å². The Morgan fingerprint density at radius 3 is 2.67 bits per heavy atom. The average Bonchev–Trinajstić information content (AvgIpc) is 2.33. The van der Waals surface area contributed by atoms with Crippen LogP contribution in [-0.4, -0.2) is 36.4 Å². The van der Waals surface area contributed by atoms with Gasteiger partial charge >= 0.3 is 0 Å². The Morgan fingerprint density at radius 1 is 1.33 bits per heavy atom. The van der Waals surface area contributed by atoms with Gasteiger partial charge in [-0.1, -0.05) is 31.9 Å². The number of nitrogens with zero attached hydrogens (tertiary/aromatic N) is 2. The maximum absolute atomic E-state index is 11.4. The van der Waals surface area contributed by atoms with Crippen LogP contribution < -0.4 is 5.32 Å². The molecule has 0 atom stereocenters. The molecule has 0 saturated carbocycles. The number of aromatic nitrogens is 2. The van der Waals surface area contributed by atoms with Crippen molar-refractivity contribution in [2.45, 2.75) is 26.7 Å². The Balaban J connectivity index is 2.70. The summed E-state index contributed by atoms with van der Waals surface area (Å²) in [5.41, 5.74) is 0.843. The lowest BCUT2D eigenvalue weighted by molar-refractivity contribution is 0.597. The molecule has 1 N–H and O–H groups in total. The van der Waals surface area contributed by atoms with Crippen molar-refractivity contribution in [1.82, 2.24) is 9.97 Å². The van der Waals surface area contributed by atoms with Gasteiger partial charge < -0.3 is 5.32 Å². The van der Waals surface area contributed by atoms with Crippen LogP contribution >= 0.6 is 11.6 Å². The van der Waals surface area contributed by atoms with E-state index < -0.39 is 9.84 Å². The van der Waals surface area contributed by atoms with Gasteiger partial charge in [0.05, 0.1) is 5.75 Å². The van der Waals surface area contributed by atoms with Gasteiger partial charge in [0.15, 0.2) is 9.84 Å². The summed E-state index contributed by atoms with van der Waals surface area (Å²) >= 11 is 5.99. The highest BCUT2D eigenvalue weighted by molar-refractivity contribution is 7.91. The molecular weight excluding hydrogens is 274 g/mol. The Kier molecular flexibility index (Phi) is 5.81. The summed E-state index contributed by atoms with van der Waals surface area (Å²) in [5.74, 6) is 0.876. The highest BCUT2D eigenvalue weighted by Gasteiger charge is 2.11. The van der Waals surface area contributed by atoms with Crippen LogP contribution in [0.15, 0.2) is 6.33 Å². The van der Waals surface area contributed by atoms with E-state index in [1.54, 1.807) is 6.92 Å². The molecule has 0 aliphatic carbocycles. The molecule has 0 aliphatic heterocycles. The molecule has 0 spiro atoms. The number of hydrogen-bond acceptors (Lipinski definition) is 5.